The fourth-order valence-electron chi connectivity index (χ4n) is 1.79. The Balaban J connectivity index is 4.78. The highest BCUT2D eigenvalue weighted by molar-refractivity contribution is 5.85. The van der Waals surface area contributed by atoms with Crippen molar-refractivity contribution in [1.82, 2.24) is 10.2 Å². The molecule has 1 amide bonds. The van der Waals surface area contributed by atoms with Crippen LogP contribution in [0, 0.1) is 5.92 Å². The molecule has 0 aromatic carbocycles. The number of hydrogen-bond acceptors (Lipinski definition) is 3. The second-order valence-electron chi connectivity index (χ2n) is 4.33. The van der Waals surface area contributed by atoms with Gasteiger partial charge < -0.3 is 10.4 Å². The van der Waals surface area contributed by atoms with Gasteiger partial charge >= 0.3 is 5.97 Å². The van der Waals surface area contributed by atoms with Crippen molar-refractivity contribution in [2.45, 2.75) is 19.9 Å². The molecule has 102 valence electrons. The van der Waals surface area contributed by atoms with E-state index in [-0.39, 0.29) is 24.4 Å². The molecule has 0 aromatic heterocycles. The molecule has 0 fully saturated rings. The Morgan fingerprint density at radius 3 is 2.11 bits per heavy atom. The van der Waals surface area contributed by atoms with Crippen LogP contribution in [0.4, 0.5) is 0 Å². The quantitative estimate of drug-likeness (QED) is 0.599. The van der Waals surface area contributed by atoms with Gasteiger partial charge in [-0.3, -0.25) is 14.5 Å². The summed E-state index contributed by atoms with van der Waals surface area (Å²) in [5.74, 6) is -1.26. The summed E-state index contributed by atoms with van der Waals surface area (Å²) in [5.41, 5.74) is 0. The zero-order chi connectivity index (χ0) is 14.1. The van der Waals surface area contributed by atoms with Gasteiger partial charge in [0.05, 0.1) is 6.04 Å². The Bertz CT molecular complexity index is 303. The molecule has 2 N–H and O–H groups in total. The van der Waals surface area contributed by atoms with Gasteiger partial charge in [0.2, 0.25) is 5.91 Å². The molecule has 0 heterocycles. The van der Waals surface area contributed by atoms with Crippen molar-refractivity contribution in [2.24, 2.45) is 5.92 Å². The number of aliphatic carboxylic acids is 1. The smallest absolute Gasteiger partial charge is 0.322 e. The van der Waals surface area contributed by atoms with Gasteiger partial charge in [0, 0.05) is 13.1 Å². The van der Waals surface area contributed by atoms with Crippen LogP contribution < -0.4 is 5.32 Å². The number of hydrogen-bond donors (Lipinski definition) is 2. The molecule has 0 radical (unpaired) electrons. The summed E-state index contributed by atoms with van der Waals surface area (Å²) in [4.78, 5) is 24.4. The van der Waals surface area contributed by atoms with Crippen molar-refractivity contribution >= 4 is 11.9 Å². The highest BCUT2D eigenvalue weighted by Gasteiger charge is 2.27. The van der Waals surface area contributed by atoms with E-state index in [1.165, 1.54) is 0 Å². The van der Waals surface area contributed by atoms with Gasteiger partial charge in [0.25, 0.3) is 0 Å². The van der Waals surface area contributed by atoms with Crippen LogP contribution in [0.5, 0.6) is 0 Å². The van der Waals surface area contributed by atoms with Crippen LogP contribution in [0.25, 0.3) is 0 Å². The number of rotatable bonds is 9. The lowest BCUT2D eigenvalue weighted by atomic mass is 10.0. The summed E-state index contributed by atoms with van der Waals surface area (Å²) >= 11 is 0. The standard InChI is InChI=1S/C13H22N2O3/c1-5-7-15(8-6-2)12(10(3)4)13(18)14-9-11(16)17/h5-6,10,12H,1-2,7-9H2,3-4H3,(H,14,18)(H,16,17). The van der Waals surface area contributed by atoms with Gasteiger partial charge in [-0.1, -0.05) is 26.0 Å². The SMILES string of the molecule is C=CCN(CC=C)C(C(=O)NCC(=O)O)C(C)C. The second-order valence-corrected chi connectivity index (χ2v) is 4.33. The Morgan fingerprint density at radius 2 is 1.78 bits per heavy atom. The minimum atomic E-state index is -1.05. The predicted octanol–water partition coefficient (Wildman–Crippen LogP) is 0.886. The first kappa shape index (κ1) is 16.4. The first-order valence-electron chi connectivity index (χ1n) is 5.89. The molecular formula is C13H22N2O3. The van der Waals surface area contributed by atoms with E-state index in [1.54, 1.807) is 12.2 Å². The molecule has 0 rings (SSSR count). The number of carboxylic acids is 1. The summed E-state index contributed by atoms with van der Waals surface area (Å²) in [6.45, 7) is 11.9. The van der Waals surface area contributed by atoms with E-state index in [0.29, 0.717) is 13.1 Å². The Labute approximate surface area is 108 Å². The Kier molecular flexibility index (Phi) is 7.71. The molecule has 0 saturated heterocycles. The number of amides is 1. The van der Waals surface area contributed by atoms with E-state index in [1.807, 2.05) is 18.7 Å². The number of nitrogens with one attached hydrogen (secondary N) is 1. The van der Waals surface area contributed by atoms with Crippen molar-refractivity contribution in [3.05, 3.63) is 25.3 Å². The number of carbonyl (C=O) groups is 2. The van der Waals surface area contributed by atoms with Crippen molar-refractivity contribution in [2.75, 3.05) is 19.6 Å². The van der Waals surface area contributed by atoms with Crippen LogP contribution in [0.15, 0.2) is 25.3 Å². The molecule has 0 aliphatic heterocycles. The third-order valence-corrected chi connectivity index (χ3v) is 2.43. The summed E-state index contributed by atoms with van der Waals surface area (Å²) in [6.07, 6.45) is 3.42. The predicted molar refractivity (Wildman–Crippen MR) is 71.2 cm³/mol. The van der Waals surface area contributed by atoms with Gasteiger partial charge in [0.1, 0.15) is 6.54 Å². The first-order chi connectivity index (χ1) is 8.43. The Morgan fingerprint density at radius 1 is 1.28 bits per heavy atom. The van der Waals surface area contributed by atoms with E-state index in [2.05, 4.69) is 18.5 Å². The van der Waals surface area contributed by atoms with Gasteiger partial charge in [-0.15, -0.1) is 13.2 Å². The zero-order valence-corrected chi connectivity index (χ0v) is 11.1. The van der Waals surface area contributed by atoms with Gasteiger partial charge in [-0.25, -0.2) is 0 Å². The molecule has 0 aliphatic rings. The van der Waals surface area contributed by atoms with E-state index < -0.39 is 5.97 Å². The molecule has 0 aromatic rings. The van der Waals surface area contributed by atoms with E-state index in [0.717, 1.165) is 0 Å². The van der Waals surface area contributed by atoms with Crippen molar-refractivity contribution in [3.63, 3.8) is 0 Å². The van der Waals surface area contributed by atoms with Crippen LogP contribution in [-0.2, 0) is 9.59 Å². The molecule has 1 atom stereocenters. The van der Waals surface area contributed by atoms with Crippen LogP contribution >= 0.6 is 0 Å². The second kappa shape index (κ2) is 8.47. The fourth-order valence-corrected chi connectivity index (χ4v) is 1.79. The van der Waals surface area contributed by atoms with Gasteiger partial charge in [-0.2, -0.15) is 0 Å². The van der Waals surface area contributed by atoms with Gasteiger partial charge in [0.15, 0.2) is 0 Å². The van der Waals surface area contributed by atoms with Gasteiger partial charge in [-0.05, 0) is 5.92 Å². The number of nitrogens with zero attached hydrogens (tertiary/aromatic N) is 1. The number of carbonyl (C=O) groups excluding carboxylic acids is 1. The summed E-state index contributed by atoms with van der Waals surface area (Å²) in [6, 6.07) is -0.389. The molecule has 1 unspecified atom stereocenters. The van der Waals surface area contributed by atoms with Crippen molar-refractivity contribution in [1.29, 1.82) is 0 Å². The zero-order valence-electron chi connectivity index (χ0n) is 11.1. The lowest BCUT2D eigenvalue weighted by molar-refractivity contribution is -0.139. The third kappa shape index (κ3) is 5.63. The van der Waals surface area contributed by atoms with Crippen LogP contribution in [0.3, 0.4) is 0 Å². The molecular weight excluding hydrogens is 232 g/mol. The van der Waals surface area contributed by atoms with Crippen LogP contribution in [0.2, 0.25) is 0 Å². The molecule has 5 heteroatoms. The lowest BCUT2D eigenvalue weighted by Gasteiger charge is -2.31. The Hall–Kier alpha value is -1.62. The van der Waals surface area contributed by atoms with E-state index in [4.69, 9.17) is 5.11 Å². The highest BCUT2D eigenvalue weighted by atomic mass is 16.4. The van der Waals surface area contributed by atoms with Crippen molar-refractivity contribution < 1.29 is 14.7 Å². The maximum Gasteiger partial charge on any atom is 0.322 e. The maximum atomic E-state index is 12.0. The monoisotopic (exact) mass is 254 g/mol. The molecule has 0 spiro atoms. The molecule has 0 aliphatic carbocycles. The summed E-state index contributed by atoms with van der Waals surface area (Å²) in [5, 5.41) is 11.0. The third-order valence-electron chi connectivity index (χ3n) is 2.43. The van der Waals surface area contributed by atoms with E-state index in [9.17, 15) is 9.59 Å². The lowest BCUT2D eigenvalue weighted by Crippen LogP contribution is -2.50. The van der Waals surface area contributed by atoms with E-state index >= 15 is 0 Å². The molecule has 18 heavy (non-hydrogen) atoms. The van der Waals surface area contributed by atoms with Crippen LogP contribution in [0.1, 0.15) is 13.8 Å². The highest BCUT2D eigenvalue weighted by Crippen LogP contribution is 2.11. The maximum absolute atomic E-state index is 12.0. The first-order valence-corrected chi connectivity index (χ1v) is 5.89. The normalized spacial score (nSPS) is 12.2. The summed E-state index contributed by atoms with van der Waals surface area (Å²) in [7, 11) is 0. The van der Waals surface area contributed by atoms with Crippen molar-refractivity contribution in [3.8, 4) is 0 Å². The number of carboxylic acid groups (broad SMARTS) is 1. The summed E-state index contributed by atoms with van der Waals surface area (Å²) < 4.78 is 0. The molecule has 5 nitrogen and oxygen atoms in total. The molecule has 0 bridgehead atoms. The average Bonchev–Trinajstić information content (AvgIpc) is 2.26. The largest absolute Gasteiger partial charge is 0.480 e. The minimum Gasteiger partial charge on any atom is -0.480 e. The van der Waals surface area contributed by atoms with Crippen LogP contribution in [-0.4, -0.2) is 47.6 Å². The average molecular weight is 254 g/mol. The molecule has 0 saturated carbocycles. The topological polar surface area (TPSA) is 69.6 Å². The fraction of sp³-hybridized carbons (Fsp3) is 0.538. The minimum absolute atomic E-state index is 0.0682.